The third-order valence-corrected chi connectivity index (χ3v) is 4.99. The Morgan fingerprint density at radius 2 is 1.88 bits per heavy atom. The summed E-state index contributed by atoms with van der Waals surface area (Å²) in [5.41, 5.74) is 2.40. The Hall–Kier alpha value is -4.12. The molecule has 0 aliphatic carbocycles. The van der Waals surface area contributed by atoms with Gasteiger partial charge in [-0.2, -0.15) is 0 Å². The molecule has 0 radical (unpaired) electrons. The maximum atomic E-state index is 12.9. The second-order valence-electron chi connectivity index (χ2n) is 7.27. The van der Waals surface area contributed by atoms with Crippen molar-refractivity contribution in [2.45, 2.75) is 6.92 Å². The number of hydrogen-bond donors (Lipinski definition) is 4. The molecule has 1 aliphatic rings. The van der Waals surface area contributed by atoms with Gasteiger partial charge in [-0.25, -0.2) is 19.7 Å². The Morgan fingerprint density at radius 3 is 2.64 bits per heavy atom. The van der Waals surface area contributed by atoms with Crippen LogP contribution < -0.4 is 26.2 Å². The van der Waals surface area contributed by atoms with Crippen molar-refractivity contribution in [2.75, 3.05) is 48.3 Å². The number of aromatic nitrogens is 4. The minimum atomic E-state index is -0.356. The van der Waals surface area contributed by atoms with E-state index in [1.807, 2.05) is 13.0 Å². The lowest BCUT2D eigenvalue weighted by Crippen LogP contribution is -2.43. The summed E-state index contributed by atoms with van der Waals surface area (Å²) >= 11 is 0. The van der Waals surface area contributed by atoms with Crippen LogP contribution in [0.1, 0.15) is 17.4 Å². The van der Waals surface area contributed by atoms with E-state index in [1.54, 1.807) is 36.8 Å². The van der Waals surface area contributed by atoms with Crippen molar-refractivity contribution in [3.05, 3.63) is 54.7 Å². The molecule has 0 saturated carbocycles. The SMILES string of the molecule is CCNC(=O)Nc1ccc(-c2nccc(C(=O)Nc3cnccc3N3CCNCC3)n2)cn1. The van der Waals surface area contributed by atoms with Crippen molar-refractivity contribution >= 4 is 29.1 Å². The van der Waals surface area contributed by atoms with Crippen LogP contribution in [0.2, 0.25) is 0 Å². The topological polar surface area (TPSA) is 137 Å². The third-order valence-electron chi connectivity index (χ3n) is 4.99. The molecule has 0 spiro atoms. The molecule has 11 heteroatoms. The minimum absolute atomic E-state index is 0.222. The fourth-order valence-electron chi connectivity index (χ4n) is 3.40. The Kier molecular flexibility index (Phi) is 7.00. The maximum absolute atomic E-state index is 12.9. The van der Waals surface area contributed by atoms with Crippen molar-refractivity contribution in [1.29, 1.82) is 0 Å². The van der Waals surface area contributed by atoms with Crippen LogP contribution in [0.5, 0.6) is 0 Å². The molecule has 33 heavy (non-hydrogen) atoms. The van der Waals surface area contributed by atoms with Crippen LogP contribution >= 0.6 is 0 Å². The Morgan fingerprint density at radius 1 is 1.03 bits per heavy atom. The lowest BCUT2D eigenvalue weighted by molar-refractivity contribution is 0.102. The van der Waals surface area contributed by atoms with Gasteiger partial charge in [-0.15, -0.1) is 0 Å². The summed E-state index contributed by atoms with van der Waals surface area (Å²) in [4.78, 5) is 43.8. The summed E-state index contributed by atoms with van der Waals surface area (Å²) in [5, 5.41) is 11.5. The molecule has 170 valence electrons. The van der Waals surface area contributed by atoms with E-state index in [1.165, 1.54) is 6.20 Å². The molecule has 1 aliphatic heterocycles. The average molecular weight is 448 g/mol. The Labute approximate surface area is 191 Å². The van der Waals surface area contributed by atoms with Gasteiger partial charge < -0.3 is 20.9 Å². The fraction of sp³-hybridized carbons (Fsp3) is 0.273. The molecule has 0 bridgehead atoms. The molecule has 1 fully saturated rings. The second-order valence-corrected chi connectivity index (χ2v) is 7.27. The number of carbonyl (C=O) groups is 2. The van der Waals surface area contributed by atoms with Gasteiger partial charge in [0.05, 0.1) is 17.6 Å². The highest BCUT2D eigenvalue weighted by Crippen LogP contribution is 2.25. The zero-order chi connectivity index (χ0) is 23.0. The molecule has 3 aromatic heterocycles. The van der Waals surface area contributed by atoms with Crippen LogP contribution in [0.15, 0.2) is 49.1 Å². The summed E-state index contributed by atoms with van der Waals surface area (Å²) in [7, 11) is 0. The predicted octanol–water partition coefficient (Wildman–Crippen LogP) is 1.74. The first-order valence-electron chi connectivity index (χ1n) is 10.7. The summed E-state index contributed by atoms with van der Waals surface area (Å²) in [6.07, 6.45) is 6.43. The smallest absolute Gasteiger partial charge is 0.320 e. The third kappa shape index (κ3) is 5.57. The molecule has 3 aromatic rings. The first-order chi connectivity index (χ1) is 16.1. The molecule has 0 unspecified atom stereocenters. The largest absolute Gasteiger partial charge is 0.367 e. The van der Waals surface area contributed by atoms with Crippen LogP contribution in [-0.4, -0.2) is 64.6 Å². The van der Waals surface area contributed by atoms with Gasteiger partial charge in [-0.05, 0) is 31.2 Å². The van der Waals surface area contributed by atoms with E-state index in [-0.39, 0.29) is 17.6 Å². The van der Waals surface area contributed by atoms with Gasteiger partial charge >= 0.3 is 6.03 Å². The molecule has 4 N–H and O–H groups in total. The Balaban J connectivity index is 1.48. The number of carbonyl (C=O) groups excluding carboxylic acids is 2. The standard InChI is InChI=1S/C22H25N9O2/c1-2-25-22(33)30-19-4-3-15(13-27-19)20-26-8-5-16(28-20)21(32)29-17-14-24-7-6-18(17)31-11-9-23-10-12-31/h3-8,13-14,23H,2,9-12H2,1H3,(H,29,32)(H2,25,27,30,33). The van der Waals surface area contributed by atoms with Crippen LogP contribution in [0, 0.1) is 0 Å². The van der Waals surface area contributed by atoms with Gasteiger partial charge in [0, 0.05) is 56.9 Å². The first kappa shape index (κ1) is 22.1. The fourth-order valence-corrected chi connectivity index (χ4v) is 3.40. The van der Waals surface area contributed by atoms with E-state index in [4.69, 9.17) is 0 Å². The number of anilines is 3. The molecule has 0 aromatic carbocycles. The number of amides is 3. The lowest BCUT2D eigenvalue weighted by atomic mass is 10.2. The molecule has 4 rings (SSSR count). The highest BCUT2D eigenvalue weighted by atomic mass is 16.2. The first-order valence-corrected chi connectivity index (χ1v) is 10.7. The monoisotopic (exact) mass is 447 g/mol. The van der Waals surface area contributed by atoms with E-state index >= 15 is 0 Å². The van der Waals surface area contributed by atoms with E-state index in [9.17, 15) is 9.59 Å². The summed E-state index contributed by atoms with van der Waals surface area (Å²) in [6.45, 7) is 5.82. The van der Waals surface area contributed by atoms with E-state index < -0.39 is 0 Å². The molecule has 11 nitrogen and oxygen atoms in total. The van der Waals surface area contributed by atoms with Gasteiger partial charge in [-0.3, -0.25) is 15.1 Å². The van der Waals surface area contributed by atoms with Crippen molar-refractivity contribution in [1.82, 2.24) is 30.6 Å². The average Bonchev–Trinajstić information content (AvgIpc) is 2.85. The summed E-state index contributed by atoms with van der Waals surface area (Å²) in [5.74, 6) is 0.398. The highest BCUT2D eigenvalue weighted by Gasteiger charge is 2.17. The van der Waals surface area contributed by atoms with Gasteiger partial charge in [0.15, 0.2) is 5.82 Å². The van der Waals surface area contributed by atoms with Crippen molar-refractivity contribution < 1.29 is 9.59 Å². The van der Waals surface area contributed by atoms with Crippen molar-refractivity contribution in [3.63, 3.8) is 0 Å². The van der Waals surface area contributed by atoms with Crippen LogP contribution in [0.3, 0.4) is 0 Å². The molecule has 0 atom stereocenters. The lowest BCUT2D eigenvalue weighted by Gasteiger charge is -2.30. The van der Waals surface area contributed by atoms with Crippen LogP contribution in [0.25, 0.3) is 11.4 Å². The number of hydrogen-bond acceptors (Lipinski definition) is 8. The van der Waals surface area contributed by atoms with Gasteiger partial charge in [0.25, 0.3) is 5.91 Å². The summed E-state index contributed by atoms with van der Waals surface area (Å²) in [6, 6.07) is 6.50. The zero-order valence-electron chi connectivity index (χ0n) is 18.2. The van der Waals surface area contributed by atoms with Crippen LogP contribution in [0.4, 0.5) is 22.0 Å². The summed E-state index contributed by atoms with van der Waals surface area (Å²) < 4.78 is 0. The van der Waals surface area contributed by atoms with E-state index in [0.29, 0.717) is 29.4 Å². The number of rotatable bonds is 6. The predicted molar refractivity (Wildman–Crippen MR) is 125 cm³/mol. The van der Waals surface area contributed by atoms with Gasteiger partial charge in [-0.1, -0.05) is 0 Å². The molecular weight excluding hydrogens is 422 g/mol. The van der Waals surface area contributed by atoms with Crippen molar-refractivity contribution in [2.24, 2.45) is 0 Å². The van der Waals surface area contributed by atoms with E-state index in [2.05, 4.69) is 46.1 Å². The van der Waals surface area contributed by atoms with Gasteiger partial charge in [0.2, 0.25) is 0 Å². The number of piperazine rings is 1. The Bertz CT molecular complexity index is 1110. The highest BCUT2D eigenvalue weighted by molar-refractivity contribution is 6.04. The number of urea groups is 1. The van der Waals surface area contributed by atoms with Gasteiger partial charge in [0.1, 0.15) is 11.5 Å². The number of nitrogens with one attached hydrogen (secondary N) is 4. The normalized spacial score (nSPS) is 13.3. The molecule has 3 amide bonds. The quantitative estimate of drug-likeness (QED) is 0.448. The number of pyridine rings is 2. The maximum Gasteiger partial charge on any atom is 0.320 e. The molecular formula is C22H25N9O2. The molecule has 4 heterocycles. The second kappa shape index (κ2) is 10.5. The van der Waals surface area contributed by atoms with Crippen molar-refractivity contribution in [3.8, 4) is 11.4 Å². The minimum Gasteiger partial charge on any atom is -0.367 e. The number of nitrogens with zero attached hydrogens (tertiary/aromatic N) is 5. The van der Waals surface area contributed by atoms with Crippen LogP contribution in [-0.2, 0) is 0 Å². The van der Waals surface area contributed by atoms with E-state index in [0.717, 1.165) is 31.9 Å². The zero-order valence-corrected chi connectivity index (χ0v) is 18.2. The molecule has 1 saturated heterocycles.